The van der Waals surface area contributed by atoms with Crippen LogP contribution in [0.3, 0.4) is 0 Å². The normalized spacial score (nSPS) is 11.4. The minimum absolute atomic E-state index is 0.184. The Balaban J connectivity index is 1.82. The first-order valence-electron chi connectivity index (χ1n) is 9.00. The zero-order chi connectivity index (χ0) is 21.9. The van der Waals surface area contributed by atoms with Gasteiger partial charge < -0.3 is 19.5 Å². The first-order valence-corrected chi connectivity index (χ1v) is 9.00. The lowest BCUT2D eigenvalue weighted by atomic mass is 10.1. The zero-order valence-electron chi connectivity index (χ0n) is 16.9. The van der Waals surface area contributed by atoms with Crippen molar-refractivity contribution in [3.05, 3.63) is 54.1 Å². The minimum atomic E-state index is -0.946. The molecule has 0 spiro atoms. The van der Waals surface area contributed by atoms with E-state index in [4.69, 9.17) is 9.47 Å². The second kappa shape index (κ2) is 11.2. The van der Waals surface area contributed by atoms with Gasteiger partial charge in [-0.2, -0.15) is 5.10 Å². The maximum Gasteiger partial charge on any atom is 0.343 e. The summed E-state index contributed by atoms with van der Waals surface area (Å²) >= 11 is 0. The van der Waals surface area contributed by atoms with Crippen LogP contribution in [0.4, 0.5) is 5.69 Å². The SMILES string of the molecule is COC(=O)COc1ccc(C=NNC(=O)C(C)C(=O)Nc2ccc(OC)cc2)cc1. The molecule has 0 aliphatic rings. The monoisotopic (exact) mass is 413 g/mol. The fourth-order valence-electron chi connectivity index (χ4n) is 2.16. The van der Waals surface area contributed by atoms with Crippen molar-refractivity contribution in [1.82, 2.24) is 5.43 Å². The Labute approximate surface area is 174 Å². The third kappa shape index (κ3) is 6.93. The van der Waals surface area contributed by atoms with E-state index < -0.39 is 23.7 Å². The number of carbonyl (C=O) groups excluding carboxylic acids is 3. The fraction of sp³-hybridized carbons (Fsp3) is 0.238. The highest BCUT2D eigenvalue weighted by Crippen LogP contribution is 2.16. The van der Waals surface area contributed by atoms with Gasteiger partial charge in [0.25, 0.3) is 5.91 Å². The summed E-state index contributed by atoms with van der Waals surface area (Å²) < 4.78 is 14.8. The van der Waals surface area contributed by atoms with E-state index in [2.05, 4.69) is 20.6 Å². The van der Waals surface area contributed by atoms with Gasteiger partial charge in [-0.05, 0) is 61.0 Å². The number of hydrogen-bond donors (Lipinski definition) is 2. The molecule has 1 unspecified atom stereocenters. The number of amides is 2. The molecule has 0 aliphatic carbocycles. The predicted octanol–water partition coefficient (Wildman–Crippen LogP) is 1.97. The summed E-state index contributed by atoms with van der Waals surface area (Å²) in [6, 6.07) is 13.5. The smallest absolute Gasteiger partial charge is 0.343 e. The van der Waals surface area contributed by atoms with Crippen molar-refractivity contribution >= 4 is 29.7 Å². The average Bonchev–Trinajstić information content (AvgIpc) is 2.78. The Hall–Kier alpha value is -3.88. The lowest BCUT2D eigenvalue weighted by Crippen LogP contribution is -2.34. The number of nitrogens with zero attached hydrogens (tertiary/aromatic N) is 1. The number of hydrogen-bond acceptors (Lipinski definition) is 7. The molecule has 2 N–H and O–H groups in total. The highest BCUT2D eigenvalue weighted by molar-refractivity contribution is 6.06. The van der Waals surface area contributed by atoms with Crippen LogP contribution >= 0.6 is 0 Å². The maximum atomic E-state index is 12.2. The Kier molecular flexibility index (Phi) is 8.37. The van der Waals surface area contributed by atoms with Crippen LogP contribution in [0.25, 0.3) is 0 Å². The number of anilines is 1. The van der Waals surface area contributed by atoms with Gasteiger partial charge in [-0.1, -0.05) is 0 Å². The lowest BCUT2D eigenvalue weighted by molar-refractivity contribution is -0.143. The van der Waals surface area contributed by atoms with Crippen LogP contribution in [-0.2, 0) is 19.1 Å². The van der Waals surface area contributed by atoms with E-state index in [0.717, 1.165) is 0 Å². The van der Waals surface area contributed by atoms with Crippen molar-refractivity contribution in [2.45, 2.75) is 6.92 Å². The Morgan fingerprint density at radius 3 is 2.20 bits per heavy atom. The molecule has 2 aromatic rings. The number of methoxy groups -OCH3 is 2. The molecule has 2 amide bonds. The minimum Gasteiger partial charge on any atom is -0.497 e. The molecule has 0 radical (unpaired) electrons. The van der Waals surface area contributed by atoms with Gasteiger partial charge in [-0.15, -0.1) is 0 Å². The number of rotatable bonds is 9. The lowest BCUT2D eigenvalue weighted by Gasteiger charge is -2.11. The summed E-state index contributed by atoms with van der Waals surface area (Å²) in [6.45, 7) is 1.30. The largest absolute Gasteiger partial charge is 0.497 e. The number of carbonyl (C=O) groups is 3. The fourth-order valence-corrected chi connectivity index (χ4v) is 2.16. The molecule has 0 bridgehead atoms. The summed E-state index contributed by atoms with van der Waals surface area (Å²) in [5.41, 5.74) is 3.58. The van der Waals surface area contributed by atoms with Crippen molar-refractivity contribution in [3.8, 4) is 11.5 Å². The molecule has 0 aromatic heterocycles. The molecule has 9 nitrogen and oxygen atoms in total. The molecule has 0 aliphatic heterocycles. The Bertz CT molecular complexity index is 894. The summed E-state index contributed by atoms with van der Waals surface area (Å²) in [7, 11) is 2.83. The van der Waals surface area contributed by atoms with Crippen molar-refractivity contribution in [1.29, 1.82) is 0 Å². The number of nitrogens with one attached hydrogen (secondary N) is 2. The standard InChI is InChI=1S/C21H23N3O6/c1-14(20(26)23-16-6-10-17(28-2)11-7-16)21(27)24-22-12-15-4-8-18(9-5-15)30-13-19(25)29-3/h4-12,14H,13H2,1-3H3,(H,23,26)(H,24,27). The van der Waals surface area contributed by atoms with Crippen LogP contribution in [-0.4, -0.2) is 44.8 Å². The van der Waals surface area contributed by atoms with Gasteiger partial charge in [0.2, 0.25) is 5.91 Å². The van der Waals surface area contributed by atoms with Crippen LogP contribution in [0.5, 0.6) is 11.5 Å². The van der Waals surface area contributed by atoms with E-state index in [1.54, 1.807) is 55.6 Å². The molecular weight excluding hydrogens is 390 g/mol. The van der Waals surface area contributed by atoms with E-state index in [1.165, 1.54) is 20.2 Å². The molecule has 0 saturated heterocycles. The summed E-state index contributed by atoms with van der Waals surface area (Å²) in [6.07, 6.45) is 1.43. The highest BCUT2D eigenvalue weighted by Gasteiger charge is 2.21. The van der Waals surface area contributed by atoms with Crippen LogP contribution in [0.2, 0.25) is 0 Å². The first kappa shape index (κ1) is 22.4. The van der Waals surface area contributed by atoms with Gasteiger partial charge in [-0.3, -0.25) is 9.59 Å². The van der Waals surface area contributed by atoms with Gasteiger partial charge in [-0.25, -0.2) is 10.2 Å². The Morgan fingerprint density at radius 1 is 0.967 bits per heavy atom. The van der Waals surface area contributed by atoms with Gasteiger partial charge in [0, 0.05) is 5.69 Å². The molecule has 1 atom stereocenters. The third-order valence-electron chi connectivity index (χ3n) is 4.00. The predicted molar refractivity (Wildman–Crippen MR) is 110 cm³/mol. The second-order valence-electron chi connectivity index (χ2n) is 6.11. The molecular formula is C21H23N3O6. The van der Waals surface area contributed by atoms with E-state index in [9.17, 15) is 14.4 Å². The quantitative estimate of drug-likeness (QED) is 0.281. The van der Waals surface area contributed by atoms with Crippen LogP contribution < -0.4 is 20.2 Å². The molecule has 0 fully saturated rings. The van der Waals surface area contributed by atoms with Crippen molar-refractivity contribution < 1.29 is 28.6 Å². The van der Waals surface area contributed by atoms with Crippen LogP contribution in [0, 0.1) is 5.92 Å². The molecule has 30 heavy (non-hydrogen) atoms. The van der Waals surface area contributed by atoms with Crippen molar-refractivity contribution in [2.24, 2.45) is 11.0 Å². The van der Waals surface area contributed by atoms with Crippen LogP contribution in [0.15, 0.2) is 53.6 Å². The third-order valence-corrected chi connectivity index (χ3v) is 4.00. The van der Waals surface area contributed by atoms with Crippen LogP contribution in [0.1, 0.15) is 12.5 Å². The van der Waals surface area contributed by atoms with Gasteiger partial charge >= 0.3 is 5.97 Å². The van der Waals surface area contributed by atoms with Gasteiger partial charge in [0.15, 0.2) is 6.61 Å². The summed E-state index contributed by atoms with van der Waals surface area (Å²) in [5, 5.41) is 6.51. The number of hydrazone groups is 1. The molecule has 0 heterocycles. The van der Waals surface area contributed by atoms with E-state index >= 15 is 0 Å². The van der Waals surface area contributed by atoms with Crippen molar-refractivity contribution in [2.75, 3.05) is 26.1 Å². The molecule has 9 heteroatoms. The maximum absolute atomic E-state index is 12.2. The molecule has 158 valence electrons. The van der Waals surface area contributed by atoms with E-state index in [1.807, 2.05) is 0 Å². The summed E-state index contributed by atoms with van der Waals surface area (Å²) in [4.78, 5) is 35.4. The van der Waals surface area contributed by atoms with E-state index in [0.29, 0.717) is 22.7 Å². The van der Waals surface area contributed by atoms with Gasteiger partial charge in [0.1, 0.15) is 17.4 Å². The van der Waals surface area contributed by atoms with Crippen molar-refractivity contribution in [3.63, 3.8) is 0 Å². The zero-order valence-corrected chi connectivity index (χ0v) is 16.9. The molecule has 0 saturated carbocycles. The number of benzene rings is 2. The summed E-state index contributed by atoms with van der Waals surface area (Å²) in [5.74, 6) is -1.27. The number of esters is 1. The second-order valence-corrected chi connectivity index (χ2v) is 6.11. The number of ether oxygens (including phenoxy) is 3. The van der Waals surface area contributed by atoms with Gasteiger partial charge in [0.05, 0.1) is 20.4 Å². The van der Waals surface area contributed by atoms with E-state index in [-0.39, 0.29) is 6.61 Å². The topological polar surface area (TPSA) is 115 Å². The first-order chi connectivity index (χ1) is 14.4. The molecule has 2 rings (SSSR count). The average molecular weight is 413 g/mol. The highest BCUT2D eigenvalue weighted by atomic mass is 16.6. The molecule has 2 aromatic carbocycles. The Morgan fingerprint density at radius 2 is 1.60 bits per heavy atom.